The SMILES string of the molecule is COc1cc(N)c(Cl)cc1C(=O)N1CCOC(c2ccccc2F)C1. The Balaban J connectivity index is 1.86. The Bertz CT molecular complexity index is 800. The van der Waals surface area contributed by atoms with Crippen molar-refractivity contribution >= 4 is 23.2 Å². The quantitative estimate of drug-likeness (QED) is 0.849. The van der Waals surface area contributed by atoms with Crippen molar-refractivity contribution in [1.82, 2.24) is 4.90 Å². The maximum Gasteiger partial charge on any atom is 0.257 e. The van der Waals surface area contributed by atoms with E-state index >= 15 is 0 Å². The largest absolute Gasteiger partial charge is 0.496 e. The molecule has 0 spiro atoms. The van der Waals surface area contributed by atoms with E-state index in [0.29, 0.717) is 35.7 Å². The van der Waals surface area contributed by atoms with Gasteiger partial charge >= 0.3 is 0 Å². The molecule has 5 nitrogen and oxygen atoms in total. The predicted octanol–water partition coefficient (Wildman–Crippen LogP) is 3.28. The molecule has 25 heavy (non-hydrogen) atoms. The highest BCUT2D eigenvalue weighted by Gasteiger charge is 2.29. The number of nitrogens with two attached hydrogens (primary N) is 1. The van der Waals surface area contributed by atoms with Crippen molar-refractivity contribution in [2.75, 3.05) is 32.5 Å². The minimum absolute atomic E-state index is 0.241. The molecule has 1 atom stereocenters. The number of hydrogen-bond donors (Lipinski definition) is 1. The smallest absolute Gasteiger partial charge is 0.257 e. The van der Waals surface area contributed by atoms with Gasteiger partial charge in [-0.3, -0.25) is 4.79 Å². The normalized spacial score (nSPS) is 17.4. The van der Waals surface area contributed by atoms with E-state index < -0.39 is 6.10 Å². The molecule has 132 valence electrons. The molecule has 0 saturated carbocycles. The molecular weight excluding hydrogens is 347 g/mol. The highest BCUT2D eigenvalue weighted by atomic mass is 35.5. The fourth-order valence-corrected chi connectivity index (χ4v) is 3.00. The Hall–Kier alpha value is -2.31. The molecule has 2 N–H and O–H groups in total. The van der Waals surface area contributed by atoms with Gasteiger partial charge in [-0.05, 0) is 12.1 Å². The first-order chi connectivity index (χ1) is 12.0. The van der Waals surface area contributed by atoms with Crippen LogP contribution in [0, 0.1) is 5.82 Å². The molecule has 1 amide bonds. The molecule has 2 aromatic carbocycles. The van der Waals surface area contributed by atoms with E-state index in [1.165, 1.54) is 25.3 Å². The van der Waals surface area contributed by atoms with Crippen LogP contribution in [0.15, 0.2) is 36.4 Å². The molecule has 2 aromatic rings. The summed E-state index contributed by atoms with van der Waals surface area (Å²) in [5.41, 5.74) is 6.84. The van der Waals surface area contributed by atoms with E-state index in [1.54, 1.807) is 23.1 Å². The molecule has 1 saturated heterocycles. The Morgan fingerprint density at radius 3 is 2.88 bits per heavy atom. The van der Waals surface area contributed by atoms with Crippen LogP contribution >= 0.6 is 11.6 Å². The van der Waals surface area contributed by atoms with Crippen molar-refractivity contribution in [1.29, 1.82) is 0 Å². The van der Waals surface area contributed by atoms with Crippen molar-refractivity contribution in [3.8, 4) is 5.75 Å². The lowest BCUT2D eigenvalue weighted by molar-refractivity contribution is -0.0243. The Morgan fingerprint density at radius 2 is 2.16 bits per heavy atom. The number of nitrogen functional groups attached to an aromatic ring is 1. The molecule has 1 fully saturated rings. The lowest BCUT2D eigenvalue weighted by Crippen LogP contribution is -2.42. The first-order valence-electron chi connectivity index (χ1n) is 7.79. The summed E-state index contributed by atoms with van der Waals surface area (Å²) in [6.07, 6.45) is -0.519. The summed E-state index contributed by atoms with van der Waals surface area (Å²) in [4.78, 5) is 14.5. The number of ether oxygens (including phenoxy) is 2. The van der Waals surface area contributed by atoms with E-state index in [2.05, 4.69) is 0 Å². The second-order valence-corrected chi connectivity index (χ2v) is 6.11. The third-order valence-corrected chi connectivity index (χ3v) is 4.48. The number of carbonyl (C=O) groups is 1. The highest BCUT2D eigenvalue weighted by Crippen LogP contribution is 2.31. The average Bonchev–Trinajstić information content (AvgIpc) is 2.63. The molecule has 7 heteroatoms. The van der Waals surface area contributed by atoms with Gasteiger partial charge in [0.1, 0.15) is 17.7 Å². The Kier molecular flexibility index (Phi) is 5.11. The van der Waals surface area contributed by atoms with Crippen LogP contribution in [0.4, 0.5) is 10.1 Å². The van der Waals surface area contributed by atoms with Crippen LogP contribution in [0.25, 0.3) is 0 Å². The second kappa shape index (κ2) is 7.29. The molecule has 1 aliphatic heterocycles. The number of halogens is 2. The van der Waals surface area contributed by atoms with Gasteiger partial charge in [-0.1, -0.05) is 29.8 Å². The Morgan fingerprint density at radius 1 is 1.40 bits per heavy atom. The van der Waals surface area contributed by atoms with Gasteiger partial charge in [-0.25, -0.2) is 4.39 Å². The number of anilines is 1. The van der Waals surface area contributed by atoms with Gasteiger partial charge in [-0.2, -0.15) is 0 Å². The third kappa shape index (κ3) is 3.55. The van der Waals surface area contributed by atoms with Gasteiger partial charge in [0.05, 0.1) is 36.5 Å². The fourth-order valence-electron chi connectivity index (χ4n) is 2.83. The zero-order valence-corrected chi connectivity index (χ0v) is 14.4. The van der Waals surface area contributed by atoms with Crippen LogP contribution in [0.1, 0.15) is 22.0 Å². The van der Waals surface area contributed by atoms with Crippen molar-refractivity contribution < 1.29 is 18.7 Å². The molecule has 0 bridgehead atoms. The molecule has 1 unspecified atom stereocenters. The zero-order valence-electron chi connectivity index (χ0n) is 13.7. The number of morpholine rings is 1. The van der Waals surface area contributed by atoms with Gasteiger partial charge in [0.25, 0.3) is 5.91 Å². The minimum atomic E-state index is -0.519. The molecule has 1 aliphatic rings. The molecule has 3 rings (SSSR count). The summed E-state index contributed by atoms with van der Waals surface area (Å²) in [6, 6.07) is 9.41. The van der Waals surface area contributed by atoms with Crippen molar-refractivity contribution in [3.63, 3.8) is 0 Å². The lowest BCUT2D eigenvalue weighted by Gasteiger charge is -2.33. The fraction of sp³-hybridized carbons (Fsp3) is 0.278. The summed E-state index contributed by atoms with van der Waals surface area (Å²) >= 11 is 6.05. The summed E-state index contributed by atoms with van der Waals surface area (Å²) < 4.78 is 24.9. The van der Waals surface area contributed by atoms with Crippen molar-refractivity contribution in [2.45, 2.75) is 6.10 Å². The first kappa shape index (κ1) is 17.5. The number of hydrogen-bond acceptors (Lipinski definition) is 4. The number of carbonyl (C=O) groups excluding carboxylic acids is 1. The van der Waals surface area contributed by atoms with Crippen LogP contribution in [0.5, 0.6) is 5.75 Å². The molecule has 0 radical (unpaired) electrons. The van der Waals surface area contributed by atoms with Gasteiger partial charge in [0, 0.05) is 18.2 Å². The number of amides is 1. The molecule has 1 heterocycles. The van der Waals surface area contributed by atoms with Gasteiger partial charge in [0.2, 0.25) is 0 Å². The van der Waals surface area contributed by atoms with Crippen LogP contribution in [0.2, 0.25) is 5.02 Å². The molecular formula is C18H18ClFN2O3. The lowest BCUT2D eigenvalue weighted by atomic mass is 10.1. The second-order valence-electron chi connectivity index (χ2n) is 5.71. The summed E-state index contributed by atoms with van der Waals surface area (Å²) in [7, 11) is 1.46. The third-order valence-electron chi connectivity index (χ3n) is 4.15. The minimum Gasteiger partial charge on any atom is -0.496 e. The monoisotopic (exact) mass is 364 g/mol. The first-order valence-corrected chi connectivity index (χ1v) is 8.17. The van der Waals surface area contributed by atoms with E-state index in [4.69, 9.17) is 26.8 Å². The van der Waals surface area contributed by atoms with E-state index in [0.717, 1.165) is 0 Å². The van der Waals surface area contributed by atoms with Crippen molar-refractivity contribution in [2.24, 2.45) is 0 Å². The number of rotatable bonds is 3. The van der Waals surface area contributed by atoms with Gasteiger partial charge < -0.3 is 20.1 Å². The number of methoxy groups -OCH3 is 1. The predicted molar refractivity (Wildman–Crippen MR) is 93.4 cm³/mol. The van der Waals surface area contributed by atoms with E-state index in [1.807, 2.05) is 0 Å². The van der Waals surface area contributed by atoms with Crippen LogP contribution in [0.3, 0.4) is 0 Å². The summed E-state index contributed by atoms with van der Waals surface area (Å²) in [6.45, 7) is 0.954. The summed E-state index contributed by atoms with van der Waals surface area (Å²) in [5.74, 6) is -0.265. The van der Waals surface area contributed by atoms with Crippen molar-refractivity contribution in [3.05, 3.63) is 58.4 Å². The highest BCUT2D eigenvalue weighted by molar-refractivity contribution is 6.33. The van der Waals surface area contributed by atoms with E-state index in [9.17, 15) is 9.18 Å². The molecule has 0 aromatic heterocycles. The standard InChI is InChI=1S/C18H18ClFN2O3/c1-24-16-9-15(21)13(19)8-12(16)18(23)22-6-7-25-17(10-22)11-4-2-3-5-14(11)20/h2-5,8-9,17H,6-7,10,21H2,1H3. The zero-order chi connectivity index (χ0) is 18.0. The van der Waals surface area contributed by atoms with Crippen LogP contribution in [-0.2, 0) is 4.74 Å². The van der Waals surface area contributed by atoms with E-state index in [-0.39, 0.29) is 23.3 Å². The van der Waals surface area contributed by atoms with Gasteiger partial charge in [0.15, 0.2) is 0 Å². The van der Waals surface area contributed by atoms with Gasteiger partial charge in [-0.15, -0.1) is 0 Å². The number of nitrogens with zero attached hydrogens (tertiary/aromatic N) is 1. The maximum atomic E-state index is 14.0. The summed E-state index contributed by atoms with van der Waals surface area (Å²) in [5, 5.41) is 0.281. The Labute approximate surface area is 150 Å². The number of benzene rings is 2. The topological polar surface area (TPSA) is 64.8 Å². The average molecular weight is 365 g/mol. The van der Waals surface area contributed by atoms with Crippen LogP contribution < -0.4 is 10.5 Å². The van der Waals surface area contributed by atoms with Crippen LogP contribution in [-0.4, -0.2) is 37.6 Å². The maximum absolute atomic E-state index is 14.0. The molecule has 0 aliphatic carbocycles.